The summed E-state index contributed by atoms with van der Waals surface area (Å²) in [6.45, 7) is 1.80. The number of rotatable bonds is 8. The van der Waals surface area contributed by atoms with Crippen LogP contribution in [0, 0.1) is 0 Å². The van der Waals surface area contributed by atoms with Crippen LogP contribution in [0.4, 0.5) is 0 Å². The number of ether oxygens (including phenoxy) is 1. The molecule has 5 nitrogen and oxygen atoms in total. The zero-order valence-electron chi connectivity index (χ0n) is 15.6. The Kier molecular flexibility index (Phi) is 9.27. The molecule has 0 unspecified atom stereocenters. The lowest BCUT2D eigenvalue weighted by Gasteiger charge is -2.07. The first-order valence-corrected chi connectivity index (χ1v) is 8.99. The van der Waals surface area contributed by atoms with Crippen LogP contribution in [0.2, 0.25) is 0 Å². The van der Waals surface area contributed by atoms with E-state index in [1.807, 2.05) is 60.7 Å². The Labute approximate surface area is 183 Å². The molecule has 1 aromatic heterocycles. The summed E-state index contributed by atoms with van der Waals surface area (Å²) < 4.78 is 5.75. The van der Waals surface area contributed by atoms with E-state index in [9.17, 15) is 0 Å². The molecular weight excluding hydrogens is 463 g/mol. The molecule has 6 heteroatoms. The summed E-state index contributed by atoms with van der Waals surface area (Å²) in [6, 6.07) is 23.9. The number of nitrogens with one attached hydrogen (secondary N) is 1. The third kappa shape index (κ3) is 7.56. The van der Waals surface area contributed by atoms with Crippen LogP contribution < -0.4 is 15.8 Å². The second-order valence-corrected chi connectivity index (χ2v) is 6.12. The number of hydrogen-bond donors (Lipinski definition) is 2. The van der Waals surface area contributed by atoms with E-state index in [-0.39, 0.29) is 24.0 Å². The van der Waals surface area contributed by atoms with E-state index in [1.54, 1.807) is 6.20 Å². The van der Waals surface area contributed by atoms with Crippen molar-refractivity contribution in [2.24, 2.45) is 10.7 Å². The molecule has 3 aromatic rings. The Hall–Kier alpha value is -2.61. The standard InChI is InChI=1S/C22H24N4O.HI/c23-22(25-15-13-20-6-4-5-14-24-20)26-16-18-9-11-19(12-10-18)17-27-21-7-2-1-3-8-21;/h1-12,14H,13,15-17H2,(H3,23,25,26);1H. The molecule has 0 saturated carbocycles. The van der Waals surface area contributed by atoms with Crippen LogP contribution in [0.5, 0.6) is 5.75 Å². The lowest BCUT2D eigenvalue weighted by molar-refractivity contribution is 0.306. The average molecular weight is 488 g/mol. The molecule has 0 fully saturated rings. The molecule has 0 atom stereocenters. The summed E-state index contributed by atoms with van der Waals surface area (Å²) in [5.41, 5.74) is 9.18. The zero-order valence-corrected chi connectivity index (χ0v) is 18.0. The fraction of sp³-hybridized carbons (Fsp3) is 0.182. The summed E-state index contributed by atoms with van der Waals surface area (Å²) in [4.78, 5) is 8.66. The van der Waals surface area contributed by atoms with Gasteiger partial charge in [-0.05, 0) is 35.4 Å². The summed E-state index contributed by atoms with van der Waals surface area (Å²) in [7, 11) is 0. The van der Waals surface area contributed by atoms with Crippen molar-refractivity contribution in [1.82, 2.24) is 10.3 Å². The molecular formula is C22H25IN4O. The summed E-state index contributed by atoms with van der Waals surface area (Å²) in [5.74, 6) is 1.32. The van der Waals surface area contributed by atoms with E-state index in [0.29, 0.717) is 25.7 Å². The van der Waals surface area contributed by atoms with Crippen LogP contribution in [0.15, 0.2) is 84.0 Å². The number of aliphatic imine (C=N–C) groups is 1. The highest BCUT2D eigenvalue weighted by molar-refractivity contribution is 14.0. The molecule has 28 heavy (non-hydrogen) atoms. The predicted octanol–water partition coefficient (Wildman–Crippen LogP) is 3.93. The number of nitrogens with two attached hydrogens (primary N) is 1. The largest absolute Gasteiger partial charge is 0.489 e. The van der Waals surface area contributed by atoms with Crippen molar-refractivity contribution in [3.05, 3.63) is 95.8 Å². The maximum atomic E-state index is 5.93. The van der Waals surface area contributed by atoms with Crippen LogP contribution in [-0.4, -0.2) is 17.5 Å². The molecule has 0 aliphatic carbocycles. The number of benzene rings is 2. The van der Waals surface area contributed by atoms with E-state index >= 15 is 0 Å². The highest BCUT2D eigenvalue weighted by atomic mass is 127. The monoisotopic (exact) mass is 488 g/mol. The Morgan fingerprint density at radius 1 is 0.929 bits per heavy atom. The van der Waals surface area contributed by atoms with Crippen molar-refractivity contribution in [3.63, 3.8) is 0 Å². The van der Waals surface area contributed by atoms with E-state index < -0.39 is 0 Å². The van der Waals surface area contributed by atoms with Gasteiger partial charge in [-0.2, -0.15) is 0 Å². The second-order valence-electron chi connectivity index (χ2n) is 6.12. The van der Waals surface area contributed by atoms with Crippen molar-refractivity contribution < 1.29 is 4.74 Å². The third-order valence-electron chi connectivity index (χ3n) is 4.02. The number of nitrogens with zero attached hydrogens (tertiary/aromatic N) is 2. The van der Waals surface area contributed by atoms with Gasteiger partial charge < -0.3 is 15.8 Å². The number of pyridine rings is 1. The maximum Gasteiger partial charge on any atom is 0.188 e. The van der Waals surface area contributed by atoms with Crippen LogP contribution in [0.1, 0.15) is 16.8 Å². The minimum absolute atomic E-state index is 0. The van der Waals surface area contributed by atoms with Gasteiger partial charge in [-0.1, -0.05) is 48.5 Å². The third-order valence-corrected chi connectivity index (χ3v) is 4.02. The lowest BCUT2D eigenvalue weighted by Crippen LogP contribution is -2.33. The van der Waals surface area contributed by atoms with Gasteiger partial charge >= 0.3 is 0 Å². The molecule has 0 aliphatic heterocycles. The molecule has 0 bridgehead atoms. The van der Waals surface area contributed by atoms with Crippen molar-refractivity contribution in [2.45, 2.75) is 19.6 Å². The van der Waals surface area contributed by atoms with E-state index in [0.717, 1.165) is 29.0 Å². The number of guanidine groups is 1. The molecule has 3 N–H and O–H groups in total. The number of aromatic nitrogens is 1. The highest BCUT2D eigenvalue weighted by Crippen LogP contribution is 2.12. The van der Waals surface area contributed by atoms with Gasteiger partial charge in [0.1, 0.15) is 12.4 Å². The SMILES string of the molecule is I.NC(=NCc1ccc(COc2ccccc2)cc1)NCCc1ccccn1. The molecule has 0 radical (unpaired) electrons. The van der Waals surface area contributed by atoms with E-state index in [4.69, 9.17) is 10.5 Å². The first-order valence-electron chi connectivity index (χ1n) is 8.99. The minimum atomic E-state index is 0. The molecule has 2 aromatic carbocycles. The van der Waals surface area contributed by atoms with Gasteiger partial charge in [0.05, 0.1) is 6.54 Å². The fourth-order valence-corrected chi connectivity index (χ4v) is 2.52. The summed E-state index contributed by atoms with van der Waals surface area (Å²) in [6.07, 6.45) is 2.61. The van der Waals surface area contributed by atoms with Crippen LogP contribution >= 0.6 is 24.0 Å². The second kappa shape index (κ2) is 12.0. The first kappa shape index (κ1) is 21.7. The number of hydrogen-bond acceptors (Lipinski definition) is 3. The number of halogens is 1. The molecule has 0 amide bonds. The lowest BCUT2D eigenvalue weighted by atomic mass is 10.1. The highest BCUT2D eigenvalue weighted by Gasteiger charge is 1.98. The Bertz CT molecular complexity index is 839. The van der Waals surface area contributed by atoms with Gasteiger partial charge in [0, 0.05) is 24.9 Å². The van der Waals surface area contributed by atoms with Gasteiger partial charge in [0.2, 0.25) is 0 Å². The molecule has 0 aliphatic rings. The van der Waals surface area contributed by atoms with Crippen molar-refractivity contribution in [1.29, 1.82) is 0 Å². The fourth-order valence-electron chi connectivity index (χ4n) is 2.52. The van der Waals surface area contributed by atoms with Gasteiger partial charge in [-0.15, -0.1) is 24.0 Å². The Morgan fingerprint density at radius 2 is 1.64 bits per heavy atom. The van der Waals surface area contributed by atoms with Crippen LogP contribution in [-0.2, 0) is 19.6 Å². The van der Waals surface area contributed by atoms with Crippen LogP contribution in [0.25, 0.3) is 0 Å². The molecule has 3 rings (SSSR count). The number of para-hydroxylation sites is 1. The Balaban J connectivity index is 0.00000280. The zero-order chi connectivity index (χ0) is 18.7. The summed E-state index contributed by atoms with van der Waals surface area (Å²) in [5, 5.41) is 3.12. The van der Waals surface area contributed by atoms with Gasteiger partial charge in [0.25, 0.3) is 0 Å². The molecule has 146 valence electrons. The Morgan fingerprint density at radius 3 is 2.36 bits per heavy atom. The van der Waals surface area contributed by atoms with Gasteiger partial charge in [0.15, 0.2) is 5.96 Å². The van der Waals surface area contributed by atoms with Crippen molar-refractivity contribution in [2.75, 3.05) is 6.54 Å². The van der Waals surface area contributed by atoms with Crippen molar-refractivity contribution in [3.8, 4) is 5.75 Å². The maximum absolute atomic E-state index is 5.93. The first-order chi connectivity index (χ1) is 13.3. The topological polar surface area (TPSA) is 72.5 Å². The molecule has 0 saturated heterocycles. The van der Waals surface area contributed by atoms with E-state index in [1.165, 1.54) is 0 Å². The average Bonchev–Trinajstić information content (AvgIpc) is 2.73. The smallest absolute Gasteiger partial charge is 0.188 e. The van der Waals surface area contributed by atoms with E-state index in [2.05, 4.69) is 27.4 Å². The molecule has 1 heterocycles. The predicted molar refractivity (Wildman–Crippen MR) is 124 cm³/mol. The summed E-state index contributed by atoms with van der Waals surface area (Å²) >= 11 is 0. The van der Waals surface area contributed by atoms with Crippen molar-refractivity contribution >= 4 is 29.9 Å². The quantitative estimate of drug-likeness (QED) is 0.287. The molecule has 0 spiro atoms. The van der Waals surface area contributed by atoms with Gasteiger partial charge in [-0.25, -0.2) is 4.99 Å². The minimum Gasteiger partial charge on any atom is -0.489 e. The van der Waals surface area contributed by atoms with Gasteiger partial charge in [-0.3, -0.25) is 4.98 Å². The normalized spacial score (nSPS) is 10.8. The van der Waals surface area contributed by atoms with Crippen LogP contribution in [0.3, 0.4) is 0 Å².